The molecule has 11 rings (SSSR count). The number of fused-ring (bicyclic) bond motifs is 7. The van der Waals surface area contributed by atoms with Crippen molar-refractivity contribution in [2.45, 2.75) is 0 Å². The summed E-state index contributed by atoms with van der Waals surface area (Å²) >= 11 is 1.86. The molecule has 268 valence electrons. The highest BCUT2D eigenvalue weighted by Gasteiger charge is 2.19. The predicted molar refractivity (Wildman–Crippen MR) is 243 cm³/mol. The largest absolute Gasteiger partial charge is 0.456 e. The zero-order chi connectivity index (χ0) is 37.7. The summed E-state index contributed by atoms with van der Waals surface area (Å²) in [4.78, 5) is 2.37. The van der Waals surface area contributed by atoms with Gasteiger partial charge in [0.1, 0.15) is 11.2 Å². The Labute approximate surface area is 335 Å². The monoisotopic (exact) mass is 745 g/mol. The number of benzene rings is 9. The van der Waals surface area contributed by atoms with Crippen molar-refractivity contribution in [1.82, 2.24) is 0 Å². The van der Waals surface area contributed by atoms with Crippen LogP contribution in [0.3, 0.4) is 0 Å². The molecule has 11 aromatic rings. The number of anilines is 3. The van der Waals surface area contributed by atoms with E-state index in [0.29, 0.717) is 0 Å². The van der Waals surface area contributed by atoms with Gasteiger partial charge >= 0.3 is 0 Å². The van der Waals surface area contributed by atoms with Gasteiger partial charge in [0, 0.05) is 48.0 Å². The molecule has 0 N–H and O–H groups in total. The van der Waals surface area contributed by atoms with Crippen LogP contribution in [-0.4, -0.2) is 0 Å². The lowest BCUT2D eigenvalue weighted by molar-refractivity contribution is 0.669. The molecule has 0 saturated carbocycles. The minimum absolute atomic E-state index is 0.927. The van der Waals surface area contributed by atoms with Crippen LogP contribution < -0.4 is 4.90 Å². The summed E-state index contributed by atoms with van der Waals surface area (Å²) in [5.41, 5.74) is 14.8. The summed E-state index contributed by atoms with van der Waals surface area (Å²) in [6.45, 7) is 0. The third-order valence-corrected chi connectivity index (χ3v) is 12.4. The Bertz CT molecular complexity index is 3210. The van der Waals surface area contributed by atoms with Crippen molar-refractivity contribution in [3.8, 4) is 44.5 Å². The van der Waals surface area contributed by atoms with Crippen LogP contribution in [0.25, 0.3) is 86.6 Å². The molecular formula is C54H35NOS. The van der Waals surface area contributed by atoms with Crippen LogP contribution >= 0.6 is 11.3 Å². The van der Waals surface area contributed by atoms with Gasteiger partial charge in [0.05, 0.1) is 0 Å². The molecule has 0 unspecified atom stereocenters. The minimum Gasteiger partial charge on any atom is -0.456 e. The maximum Gasteiger partial charge on any atom is 0.136 e. The van der Waals surface area contributed by atoms with E-state index in [2.05, 4.69) is 211 Å². The van der Waals surface area contributed by atoms with Crippen molar-refractivity contribution >= 4 is 70.5 Å². The summed E-state index contributed by atoms with van der Waals surface area (Å²) in [6, 6.07) is 76.3. The van der Waals surface area contributed by atoms with Gasteiger partial charge in [0.15, 0.2) is 0 Å². The Balaban J connectivity index is 1.02. The van der Waals surface area contributed by atoms with Gasteiger partial charge < -0.3 is 9.32 Å². The average molecular weight is 746 g/mol. The van der Waals surface area contributed by atoms with Crippen LogP contribution in [0, 0.1) is 0 Å². The SMILES string of the molecule is c1ccc(-c2ccc(N(c3ccc(-c4cccc(-c5ccccc5)c4)cc3)c3cccc(-c4cccc5c4sc4c5ccc5oc6ccccc6c54)c3)cc2)cc1. The quantitative estimate of drug-likeness (QED) is 0.162. The first-order valence-electron chi connectivity index (χ1n) is 19.3. The number of hydrogen-bond donors (Lipinski definition) is 0. The van der Waals surface area contributed by atoms with Crippen LogP contribution in [0.1, 0.15) is 0 Å². The molecule has 2 nitrogen and oxygen atoms in total. The zero-order valence-electron chi connectivity index (χ0n) is 31.0. The zero-order valence-corrected chi connectivity index (χ0v) is 31.8. The number of furan rings is 1. The first kappa shape index (κ1) is 33.2. The fourth-order valence-electron chi connectivity index (χ4n) is 8.30. The molecule has 2 heterocycles. The summed E-state index contributed by atoms with van der Waals surface area (Å²) in [5, 5.41) is 4.90. The van der Waals surface area contributed by atoms with Crippen LogP contribution in [0.15, 0.2) is 217 Å². The molecule has 0 saturated heterocycles. The lowest BCUT2D eigenvalue weighted by Crippen LogP contribution is -2.10. The number of nitrogens with zero attached hydrogens (tertiary/aromatic N) is 1. The molecule has 57 heavy (non-hydrogen) atoms. The van der Waals surface area contributed by atoms with Gasteiger partial charge in [-0.2, -0.15) is 0 Å². The summed E-state index contributed by atoms with van der Waals surface area (Å²) in [6.07, 6.45) is 0. The van der Waals surface area contributed by atoms with Crippen LogP contribution in [0.4, 0.5) is 17.1 Å². The highest BCUT2D eigenvalue weighted by molar-refractivity contribution is 7.27. The Hall–Kier alpha value is -7.20. The van der Waals surface area contributed by atoms with E-state index < -0.39 is 0 Å². The molecule has 0 atom stereocenters. The lowest BCUT2D eigenvalue weighted by atomic mass is 9.98. The van der Waals surface area contributed by atoms with Gasteiger partial charge in [-0.05, 0) is 105 Å². The number of para-hydroxylation sites is 1. The molecule has 9 aromatic carbocycles. The number of rotatable bonds is 7. The topological polar surface area (TPSA) is 16.4 Å². The standard InChI is InChI=1S/C54H35NOS/c1-3-12-36(13-4-1)38-24-28-43(29-25-38)55(44-30-26-39(27-31-44)41-17-9-16-40(34-41)37-14-5-2-6-15-37)45-19-10-18-42(35-45)46-21-11-22-47-48-32-33-51-52(54(48)57-53(46)47)49-20-7-8-23-50(49)56-51/h1-35H. The molecule has 0 radical (unpaired) electrons. The normalized spacial score (nSPS) is 11.5. The van der Waals surface area contributed by atoms with Crippen molar-refractivity contribution < 1.29 is 4.42 Å². The van der Waals surface area contributed by atoms with Gasteiger partial charge in [-0.3, -0.25) is 0 Å². The highest BCUT2D eigenvalue weighted by Crippen LogP contribution is 2.46. The Kier molecular flexibility index (Phi) is 8.04. The molecule has 3 heteroatoms. The number of thiophene rings is 1. The second-order valence-corrected chi connectivity index (χ2v) is 15.5. The average Bonchev–Trinajstić information content (AvgIpc) is 3.86. The molecule has 0 aliphatic carbocycles. The van der Waals surface area contributed by atoms with E-state index in [1.165, 1.54) is 70.1 Å². The fourth-order valence-corrected chi connectivity index (χ4v) is 9.69. The van der Waals surface area contributed by atoms with E-state index in [1.54, 1.807) is 0 Å². The van der Waals surface area contributed by atoms with E-state index in [0.717, 1.165) is 33.6 Å². The van der Waals surface area contributed by atoms with Crippen LogP contribution in [0.2, 0.25) is 0 Å². The van der Waals surface area contributed by atoms with Gasteiger partial charge in [0.2, 0.25) is 0 Å². The molecular weight excluding hydrogens is 711 g/mol. The summed E-state index contributed by atoms with van der Waals surface area (Å²) in [5.74, 6) is 0. The Morgan fingerprint density at radius 1 is 0.316 bits per heavy atom. The first-order chi connectivity index (χ1) is 28.2. The molecule has 2 aromatic heterocycles. The molecule has 0 fully saturated rings. The van der Waals surface area contributed by atoms with Crippen molar-refractivity contribution in [2.24, 2.45) is 0 Å². The summed E-state index contributed by atoms with van der Waals surface area (Å²) in [7, 11) is 0. The summed E-state index contributed by atoms with van der Waals surface area (Å²) < 4.78 is 8.84. The van der Waals surface area contributed by atoms with E-state index in [9.17, 15) is 0 Å². The maximum atomic E-state index is 6.29. The molecule has 0 aliphatic rings. The second-order valence-electron chi connectivity index (χ2n) is 14.5. The van der Waals surface area contributed by atoms with E-state index in [4.69, 9.17) is 4.42 Å². The molecule has 0 aliphatic heterocycles. The second kappa shape index (κ2) is 13.8. The van der Waals surface area contributed by atoms with Crippen molar-refractivity contribution in [1.29, 1.82) is 0 Å². The van der Waals surface area contributed by atoms with E-state index >= 15 is 0 Å². The Morgan fingerprint density at radius 3 is 1.56 bits per heavy atom. The van der Waals surface area contributed by atoms with Crippen molar-refractivity contribution in [3.05, 3.63) is 212 Å². The first-order valence-corrected chi connectivity index (χ1v) is 20.1. The molecule has 0 bridgehead atoms. The van der Waals surface area contributed by atoms with Gasteiger partial charge in [-0.25, -0.2) is 0 Å². The van der Waals surface area contributed by atoms with Crippen molar-refractivity contribution in [2.75, 3.05) is 4.90 Å². The van der Waals surface area contributed by atoms with Gasteiger partial charge in [-0.1, -0.05) is 152 Å². The van der Waals surface area contributed by atoms with Crippen LogP contribution in [-0.2, 0) is 0 Å². The maximum absolute atomic E-state index is 6.29. The smallest absolute Gasteiger partial charge is 0.136 e. The van der Waals surface area contributed by atoms with Gasteiger partial charge in [0.25, 0.3) is 0 Å². The van der Waals surface area contributed by atoms with E-state index in [-0.39, 0.29) is 0 Å². The molecule has 0 spiro atoms. The number of hydrogen-bond acceptors (Lipinski definition) is 3. The highest BCUT2D eigenvalue weighted by atomic mass is 32.1. The third-order valence-electron chi connectivity index (χ3n) is 11.1. The fraction of sp³-hybridized carbons (Fsp3) is 0. The van der Waals surface area contributed by atoms with E-state index in [1.807, 2.05) is 17.4 Å². The molecule has 0 amide bonds. The third kappa shape index (κ3) is 5.88. The van der Waals surface area contributed by atoms with Gasteiger partial charge in [-0.15, -0.1) is 11.3 Å². The predicted octanol–water partition coefficient (Wildman–Crippen LogP) is 16.1. The van der Waals surface area contributed by atoms with Crippen LogP contribution in [0.5, 0.6) is 0 Å². The Morgan fingerprint density at radius 2 is 0.842 bits per heavy atom. The minimum atomic E-state index is 0.927. The van der Waals surface area contributed by atoms with Crippen molar-refractivity contribution in [3.63, 3.8) is 0 Å². The lowest BCUT2D eigenvalue weighted by Gasteiger charge is -2.26.